The number of halogens is 1. The molecular formula is C9H9BrN2O. The molecule has 13 heavy (non-hydrogen) atoms. The summed E-state index contributed by atoms with van der Waals surface area (Å²) in [5, 5.41) is 0. The van der Waals surface area contributed by atoms with Crippen molar-refractivity contribution >= 4 is 33.6 Å². The molecule has 1 amide bonds. The van der Waals surface area contributed by atoms with E-state index in [0.717, 1.165) is 10.0 Å². The largest absolute Gasteiger partial charge is 0.398 e. The third kappa shape index (κ3) is 2.91. The van der Waals surface area contributed by atoms with Gasteiger partial charge in [-0.05, 0) is 23.8 Å². The number of anilines is 1. The molecule has 0 saturated carbocycles. The summed E-state index contributed by atoms with van der Waals surface area (Å²) in [6.07, 6.45) is 2.86. The highest BCUT2D eigenvalue weighted by Gasteiger charge is 1.95. The summed E-state index contributed by atoms with van der Waals surface area (Å²) in [6, 6.07) is 5.41. The Labute approximate surface area is 84.5 Å². The molecule has 3 nitrogen and oxygen atoms in total. The molecule has 0 aliphatic carbocycles. The number of nitrogen functional groups attached to an aromatic ring is 1. The molecule has 0 bridgehead atoms. The van der Waals surface area contributed by atoms with Crippen molar-refractivity contribution in [1.29, 1.82) is 0 Å². The Morgan fingerprint density at radius 1 is 1.46 bits per heavy atom. The first-order valence-corrected chi connectivity index (χ1v) is 4.41. The van der Waals surface area contributed by atoms with E-state index >= 15 is 0 Å². The second-order valence-electron chi connectivity index (χ2n) is 2.51. The van der Waals surface area contributed by atoms with Gasteiger partial charge in [-0.15, -0.1) is 0 Å². The van der Waals surface area contributed by atoms with E-state index in [-0.39, 0.29) is 0 Å². The number of primary amides is 1. The lowest BCUT2D eigenvalue weighted by atomic mass is 10.1. The van der Waals surface area contributed by atoms with E-state index in [1.807, 2.05) is 6.07 Å². The van der Waals surface area contributed by atoms with Gasteiger partial charge in [0.15, 0.2) is 0 Å². The third-order valence-electron chi connectivity index (χ3n) is 1.48. The number of rotatable bonds is 2. The Bertz CT molecular complexity index is 361. The summed E-state index contributed by atoms with van der Waals surface area (Å²) in [5.74, 6) is -0.484. The summed E-state index contributed by atoms with van der Waals surface area (Å²) in [6.45, 7) is 0. The lowest BCUT2D eigenvalue weighted by Gasteiger charge is -1.99. The highest BCUT2D eigenvalue weighted by Crippen LogP contribution is 2.19. The maximum Gasteiger partial charge on any atom is 0.241 e. The van der Waals surface area contributed by atoms with Crippen molar-refractivity contribution < 1.29 is 4.79 Å². The van der Waals surface area contributed by atoms with E-state index in [1.165, 1.54) is 6.08 Å². The maximum atomic E-state index is 10.4. The summed E-state index contributed by atoms with van der Waals surface area (Å²) in [7, 11) is 0. The van der Waals surface area contributed by atoms with E-state index in [4.69, 9.17) is 11.5 Å². The van der Waals surface area contributed by atoms with Crippen LogP contribution in [0, 0.1) is 0 Å². The molecule has 1 aromatic carbocycles. The fraction of sp³-hybridized carbons (Fsp3) is 0. The smallest absolute Gasteiger partial charge is 0.241 e. The first-order valence-electron chi connectivity index (χ1n) is 3.62. The van der Waals surface area contributed by atoms with Gasteiger partial charge in [0.05, 0.1) is 0 Å². The van der Waals surface area contributed by atoms with Crippen LogP contribution in [0.5, 0.6) is 0 Å². The summed E-state index contributed by atoms with van der Waals surface area (Å²) in [4.78, 5) is 10.4. The quantitative estimate of drug-likeness (QED) is 0.608. The van der Waals surface area contributed by atoms with Crippen molar-refractivity contribution in [3.05, 3.63) is 34.3 Å². The fourth-order valence-corrected chi connectivity index (χ4v) is 1.25. The van der Waals surface area contributed by atoms with Crippen molar-refractivity contribution in [3.63, 3.8) is 0 Å². The number of amides is 1. The Morgan fingerprint density at radius 3 is 2.69 bits per heavy atom. The zero-order valence-electron chi connectivity index (χ0n) is 6.83. The van der Waals surface area contributed by atoms with Gasteiger partial charge in [0.2, 0.25) is 5.91 Å². The summed E-state index contributed by atoms with van der Waals surface area (Å²) < 4.78 is 0.904. The minimum Gasteiger partial charge on any atom is -0.398 e. The normalized spacial score (nSPS) is 10.5. The molecule has 1 aromatic rings. The monoisotopic (exact) mass is 240 g/mol. The van der Waals surface area contributed by atoms with Crippen LogP contribution in [0.25, 0.3) is 6.08 Å². The highest BCUT2D eigenvalue weighted by molar-refractivity contribution is 9.10. The lowest BCUT2D eigenvalue weighted by molar-refractivity contribution is -0.113. The van der Waals surface area contributed by atoms with Crippen molar-refractivity contribution in [2.75, 3.05) is 5.73 Å². The second kappa shape index (κ2) is 4.09. The van der Waals surface area contributed by atoms with Gasteiger partial charge < -0.3 is 11.5 Å². The number of hydrogen-bond donors (Lipinski definition) is 2. The molecule has 0 aliphatic heterocycles. The molecule has 0 unspecified atom stereocenters. The van der Waals surface area contributed by atoms with Crippen LogP contribution in [0.3, 0.4) is 0 Å². The number of hydrogen-bond acceptors (Lipinski definition) is 2. The SMILES string of the molecule is NC(=O)C=Cc1ccc(Br)cc1N. The Kier molecular flexibility index (Phi) is 3.08. The molecule has 0 spiro atoms. The van der Waals surface area contributed by atoms with Gasteiger partial charge >= 0.3 is 0 Å². The van der Waals surface area contributed by atoms with Gasteiger partial charge in [0.25, 0.3) is 0 Å². The van der Waals surface area contributed by atoms with Crippen LogP contribution in [0.4, 0.5) is 5.69 Å². The Morgan fingerprint density at radius 2 is 2.15 bits per heavy atom. The van der Waals surface area contributed by atoms with Gasteiger partial charge in [-0.1, -0.05) is 22.0 Å². The van der Waals surface area contributed by atoms with Crippen LogP contribution < -0.4 is 11.5 Å². The Hall–Kier alpha value is -1.29. The van der Waals surface area contributed by atoms with Crippen LogP contribution in [0.2, 0.25) is 0 Å². The molecule has 4 N–H and O–H groups in total. The van der Waals surface area contributed by atoms with Crippen molar-refractivity contribution in [1.82, 2.24) is 0 Å². The van der Waals surface area contributed by atoms with Crippen LogP contribution >= 0.6 is 15.9 Å². The first kappa shape index (κ1) is 9.80. The standard InChI is InChI=1S/C9H9BrN2O/c10-7-3-1-6(8(11)5-7)2-4-9(12)13/h1-5H,11H2,(H2,12,13). The van der Waals surface area contributed by atoms with Crippen LogP contribution in [0.1, 0.15) is 5.56 Å². The maximum absolute atomic E-state index is 10.4. The molecule has 0 radical (unpaired) electrons. The van der Waals surface area contributed by atoms with Crippen LogP contribution in [0.15, 0.2) is 28.7 Å². The van der Waals surface area contributed by atoms with E-state index in [2.05, 4.69) is 15.9 Å². The van der Waals surface area contributed by atoms with E-state index in [9.17, 15) is 4.79 Å². The molecule has 4 heteroatoms. The zero-order chi connectivity index (χ0) is 9.84. The van der Waals surface area contributed by atoms with Gasteiger partial charge in [-0.25, -0.2) is 0 Å². The predicted molar refractivity (Wildman–Crippen MR) is 56.8 cm³/mol. The minimum absolute atomic E-state index is 0.484. The number of nitrogens with two attached hydrogens (primary N) is 2. The van der Waals surface area contributed by atoms with E-state index < -0.39 is 5.91 Å². The van der Waals surface area contributed by atoms with Gasteiger partial charge in [-0.3, -0.25) is 4.79 Å². The third-order valence-corrected chi connectivity index (χ3v) is 1.97. The first-order chi connectivity index (χ1) is 6.09. The van der Waals surface area contributed by atoms with Crippen molar-refractivity contribution in [2.45, 2.75) is 0 Å². The summed E-state index contributed by atoms with van der Waals surface area (Å²) in [5.41, 5.74) is 12.0. The van der Waals surface area contributed by atoms with E-state index in [0.29, 0.717) is 5.69 Å². The average Bonchev–Trinajstić information content (AvgIpc) is 2.02. The van der Waals surface area contributed by atoms with Gasteiger partial charge in [-0.2, -0.15) is 0 Å². The molecule has 68 valence electrons. The average molecular weight is 241 g/mol. The predicted octanol–water partition coefficient (Wildman–Crippen LogP) is 1.53. The lowest BCUT2D eigenvalue weighted by Crippen LogP contribution is -2.05. The zero-order valence-corrected chi connectivity index (χ0v) is 8.41. The molecule has 0 aromatic heterocycles. The van der Waals surface area contributed by atoms with Crippen molar-refractivity contribution in [3.8, 4) is 0 Å². The van der Waals surface area contributed by atoms with Gasteiger partial charge in [0, 0.05) is 16.2 Å². The molecule has 0 fully saturated rings. The minimum atomic E-state index is -0.484. The molecule has 0 saturated heterocycles. The number of benzene rings is 1. The van der Waals surface area contributed by atoms with Gasteiger partial charge in [0.1, 0.15) is 0 Å². The molecule has 0 atom stereocenters. The molecule has 0 aliphatic rings. The second-order valence-corrected chi connectivity index (χ2v) is 3.42. The molecule has 0 heterocycles. The van der Waals surface area contributed by atoms with Crippen molar-refractivity contribution in [2.24, 2.45) is 5.73 Å². The molecular weight excluding hydrogens is 232 g/mol. The van der Waals surface area contributed by atoms with Crippen LogP contribution in [-0.4, -0.2) is 5.91 Å². The Balaban J connectivity index is 2.96. The number of carbonyl (C=O) groups excluding carboxylic acids is 1. The molecule has 1 rings (SSSR count). The summed E-state index contributed by atoms with van der Waals surface area (Å²) >= 11 is 3.28. The topological polar surface area (TPSA) is 69.1 Å². The van der Waals surface area contributed by atoms with E-state index in [1.54, 1.807) is 18.2 Å². The number of carbonyl (C=O) groups is 1. The van der Waals surface area contributed by atoms with Crippen LogP contribution in [-0.2, 0) is 4.79 Å². The highest BCUT2D eigenvalue weighted by atomic mass is 79.9. The fourth-order valence-electron chi connectivity index (χ4n) is 0.869.